The zero-order valence-corrected chi connectivity index (χ0v) is 23.0. The number of nitrogens with zero attached hydrogens (tertiary/aromatic N) is 2. The van der Waals surface area contributed by atoms with Crippen LogP contribution in [0.3, 0.4) is 0 Å². The Labute approximate surface area is 225 Å². The Morgan fingerprint density at radius 1 is 1.05 bits per heavy atom. The molecular weight excluding hydrogens is 502 g/mol. The van der Waals surface area contributed by atoms with Crippen molar-refractivity contribution in [3.05, 3.63) is 65.2 Å². The summed E-state index contributed by atoms with van der Waals surface area (Å²) in [6.07, 6.45) is 5.93. The molecular formula is C29H37N3O5S. The molecule has 2 aromatic rings. The largest absolute Gasteiger partial charge is 0.352 e. The van der Waals surface area contributed by atoms with Crippen LogP contribution in [0.15, 0.2) is 53.4 Å². The maximum Gasteiger partial charge on any atom is 0.269 e. The number of amides is 3. The first-order valence-corrected chi connectivity index (χ1v) is 15.0. The van der Waals surface area contributed by atoms with E-state index in [4.69, 9.17) is 0 Å². The lowest BCUT2D eigenvalue weighted by atomic mass is 9.95. The molecule has 0 bridgehead atoms. The van der Waals surface area contributed by atoms with Crippen molar-refractivity contribution in [2.24, 2.45) is 0 Å². The predicted molar refractivity (Wildman–Crippen MR) is 145 cm³/mol. The Morgan fingerprint density at radius 3 is 2.42 bits per heavy atom. The highest BCUT2D eigenvalue weighted by atomic mass is 32.2. The molecule has 1 saturated carbocycles. The van der Waals surface area contributed by atoms with Crippen molar-refractivity contribution >= 4 is 27.7 Å². The van der Waals surface area contributed by atoms with Gasteiger partial charge in [-0.25, -0.2) is 12.7 Å². The second-order valence-corrected chi connectivity index (χ2v) is 12.0. The molecule has 2 aliphatic rings. The standard InChI is InChI=1S/C29H37N3O5S/c1-3-25(28(34)30-23-14-5-4-6-15-23)31(20-22-13-8-7-12-21(22)2)27(33)18-11-19-32-29(35)24-16-9-10-17-26(24)38(32,36)37/h7-10,12-13,16-17,23,25H,3-6,11,14-15,18-20H2,1-2H3,(H,30,34)/t25-/m1/s1. The molecule has 0 radical (unpaired) electrons. The normalized spacial score (nSPS) is 17.6. The summed E-state index contributed by atoms with van der Waals surface area (Å²) in [5.74, 6) is -0.947. The van der Waals surface area contributed by atoms with Gasteiger partial charge in [-0.15, -0.1) is 0 Å². The van der Waals surface area contributed by atoms with Gasteiger partial charge in [0.2, 0.25) is 11.8 Å². The number of aryl methyl sites for hydroxylation is 1. The summed E-state index contributed by atoms with van der Waals surface area (Å²) in [4.78, 5) is 41.3. The predicted octanol–water partition coefficient (Wildman–Crippen LogP) is 4.18. The second kappa shape index (κ2) is 12.1. The maximum absolute atomic E-state index is 13.6. The van der Waals surface area contributed by atoms with Crippen LogP contribution in [0.4, 0.5) is 0 Å². The molecule has 204 valence electrons. The molecule has 4 rings (SSSR count). The summed E-state index contributed by atoms with van der Waals surface area (Å²) < 4.78 is 26.6. The highest BCUT2D eigenvalue weighted by molar-refractivity contribution is 7.90. The minimum atomic E-state index is -3.92. The highest BCUT2D eigenvalue weighted by Gasteiger charge is 2.40. The van der Waals surface area contributed by atoms with Crippen LogP contribution in [0.1, 0.15) is 79.8 Å². The van der Waals surface area contributed by atoms with Crippen LogP contribution in [-0.2, 0) is 26.2 Å². The zero-order chi connectivity index (χ0) is 27.3. The van der Waals surface area contributed by atoms with Crippen molar-refractivity contribution in [3.8, 4) is 0 Å². The fourth-order valence-corrected chi connectivity index (χ4v) is 7.01. The number of carbonyl (C=O) groups is 3. The molecule has 1 aliphatic heterocycles. The van der Waals surface area contributed by atoms with Crippen LogP contribution >= 0.6 is 0 Å². The molecule has 1 N–H and O–H groups in total. The van der Waals surface area contributed by atoms with E-state index in [0.717, 1.165) is 41.1 Å². The topological polar surface area (TPSA) is 104 Å². The number of nitrogens with one attached hydrogen (secondary N) is 1. The molecule has 1 aliphatic carbocycles. The van der Waals surface area contributed by atoms with Gasteiger partial charge in [-0.2, -0.15) is 0 Å². The molecule has 0 aromatic heterocycles. The van der Waals surface area contributed by atoms with E-state index in [1.807, 2.05) is 38.1 Å². The molecule has 1 heterocycles. The van der Waals surface area contributed by atoms with Crippen LogP contribution in [0, 0.1) is 6.92 Å². The summed E-state index contributed by atoms with van der Waals surface area (Å²) in [7, 11) is -3.92. The van der Waals surface area contributed by atoms with Gasteiger partial charge in [0.25, 0.3) is 15.9 Å². The maximum atomic E-state index is 13.6. The van der Waals surface area contributed by atoms with E-state index in [2.05, 4.69) is 5.32 Å². The molecule has 38 heavy (non-hydrogen) atoms. The van der Waals surface area contributed by atoms with E-state index in [1.165, 1.54) is 18.6 Å². The van der Waals surface area contributed by atoms with Gasteiger partial charge in [0.1, 0.15) is 10.9 Å². The van der Waals surface area contributed by atoms with E-state index >= 15 is 0 Å². The number of fused-ring (bicyclic) bond motifs is 1. The van der Waals surface area contributed by atoms with Gasteiger partial charge in [0, 0.05) is 25.6 Å². The summed E-state index contributed by atoms with van der Waals surface area (Å²) in [5.41, 5.74) is 2.14. The lowest BCUT2D eigenvalue weighted by Crippen LogP contribution is -2.51. The number of rotatable bonds is 10. The summed E-state index contributed by atoms with van der Waals surface area (Å²) in [5, 5.41) is 3.17. The first-order valence-electron chi connectivity index (χ1n) is 13.5. The first-order chi connectivity index (χ1) is 18.2. The van der Waals surface area contributed by atoms with E-state index < -0.39 is 22.0 Å². The smallest absolute Gasteiger partial charge is 0.269 e. The molecule has 3 amide bonds. The molecule has 2 aromatic carbocycles. The molecule has 9 heteroatoms. The third-order valence-electron chi connectivity index (χ3n) is 7.60. The fourth-order valence-electron chi connectivity index (χ4n) is 5.40. The van der Waals surface area contributed by atoms with E-state index in [1.54, 1.807) is 17.0 Å². The lowest BCUT2D eigenvalue weighted by molar-refractivity contribution is -0.141. The van der Waals surface area contributed by atoms with Crippen molar-refractivity contribution in [2.45, 2.75) is 88.7 Å². The SMILES string of the molecule is CC[C@H](C(=O)NC1CCCCC1)N(Cc1ccccc1C)C(=O)CCCN1C(=O)c2ccccc2S1(=O)=O. The average Bonchev–Trinajstić information content (AvgIpc) is 3.10. The van der Waals surface area contributed by atoms with Gasteiger partial charge in [-0.3, -0.25) is 14.4 Å². The van der Waals surface area contributed by atoms with Crippen LogP contribution in [-0.4, -0.2) is 54.0 Å². The third kappa shape index (κ3) is 5.93. The minimum Gasteiger partial charge on any atom is -0.352 e. The number of benzene rings is 2. The van der Waals surface area contributed by atoms with Crippen molar-refractivity contribution in [2.75, 3.05) is 6.54 Å². The molecule has 0 spiro atoms. The minimum absolute atomic E-state index is 0.00272. The Kier molecular flexibility index (Phi) is 8.87. The van der Waals surface area contributed by atoms with Gasteiger partial charge in [-0.1, -0.05) is 62.6 Å². The average molecular weight is 540 g/mol. The van der Waals surface area contributed by atoms with Gasteiger partial charge in [-0.05, 0) is 55.9 Å². The van der Waals surface area contributed by atoms with Crippen LogP contribution in [0.5, 0.6) is 0 Å². The van der Waals surface area contributed by atoms with Crippen molar-refractivity contribution in [3.63, 3.8) is 0 Å². The van der Waals surface area contributed by atoms with Crippen LogP contribution in [0.25, 0.3) is 0 Å². The fraction of sp³-hybridized carbons (Fsp3) is 0.483. The summed E-state index contributed by atoms with van der Waals surface area (Å²) in [6, 6.07) is 13.4. The van der Waals surface area contributed by atoms with E-state index in [9.17, 15) is 22.8 Å². The van der Waals surface area contributed by atoms with Gasteiger partial charge in [0.05, 0.1) is 5.56 Å². The number of sulfonamides is 1. The molecule has 1 fully saturated rings. The van der Waals surface area contributed by atoms with Crippen molar-refractivity contribution < 1.29 is 22.8 Å². The van der Waals surface area contributed by atoms with Crippen molar-refractivity contribution in [1.82, 2.24) is 14.5 Å². The van der Waals surface area contributed by atoms with Gasteiger partial charge >= 0.3 is 0 Å². The number of hydrogen-bond acceptors (Lipinski definition) is 5. The van der Waals surface area contributed by atoms with Gasteiger partial charge in [0.15, 0.2) is 0 Å². The number of carbonyl (C=O) groups excluding carboxylic acids is 3. The summed E-state index contributed by atoms with van der Waals surface area (Å²) in [6.45, 7) is 4.07. The lowest BCUT2D eigenvalue weighted by Gasteiger charge is -2.33. The van der Waals surface area contributed by atoms with Crippen LogP contribution < -0.4 is 5.32 Å². The quantitative estimate of drug-likeness (QED) is 0.488. The van der Waals surface area contributed by atoms with E-state index in [0.29, 0.717) is 6.42 Å². The first kappa shape index (κ1) is 27.8. The Bertz CT molecular complexity index is 1290. The summed E-state index contributed by atoms with van der Waals surface area (Å²) >= 11 is 0. The Hall–Kier alpha value is -3.20. The zero-order valence-electron chi connectivity index (χ0n) is 22.2. The Balaban J connectivity index is 1.47. The molecule has 8 nitrogen and oxygen atoms in total. The van der Waals surface area contributed by atoms with Crippen LogP contribution in [0.2, 0.25) is 0 Å². The highest BCUT2D eigenvalue weighted by Crippen LogP contribution is 2.30. The molecule has 1 atom stereocenters. The third-order valence-corrected chi connectivity index (χ3v) is 9.44. The second-order valence-electron chi connectivity index (χ2n) is 10.2. The Morgan fingerprint density at radius 2 is 1.74 bits per heavy atom. The monoisotopic (exact) mass is 539 g/mol. The molecule has 0 saturated heterocycles. The number of hydrogen-bond donors (Lipinski definition) is 1. The van der Waals surface area contributed by atoms with Gasteiger partial charge < -0.3 is 10.2 Å². The van der Waals surface area contributed by atoms with E-state index in [-0.39, 0.29) is 54.2 Å². The molecule has 0 unspecified atom stereocenters. The van der Waals surface area contributed by atoms with Crippen molar-refractivity contribution in [1.29, 1.82) is 0 Å².